The Kier molecular flexibility index (Phi) is 5.82. The third-order valence-electron chi connectivity index (χ3n) is 2.18. The van der Waals surface area contributed by atoms with Gasteiger partial charge >= 0.3 is 6.09 Å². The van der Waals surface area contributed by atoms with Gasteiger partial charge < -0.3 is 4.74 Å². The van der Waals surface area contributed by atoms with Crippen molar-refractivity contribution in [3.05, 3.63) is 42.0 Å². The Morgan fingerprint density at radius 3 is 2.94 bits per heavy atom. The van der Waals surface area contributed by atoms with E-state index in [-0.39, 0.29) is 0 Å². The average molecular weight is 235 g/mol. The van der Waals surface area contributed by atoms with Gasteiger partial charge in [0, 0.05) is 0 Å². The fourth-order valence-corrected chi connectivity index (χ4v) is 1.39. The lowest BCUT2D eigenvalue weighted by Crippen LogP contribution is -2.25. The first-order valence-electron chi connectivity index (χ1n) is 5.52. The van der Waals surface area contributed by atoms with Gasteiger partial charge in [0.1, 0.15) is 0 Å². The zero-order valence-electron chi connectivity index (χ0n) is 9.94. The Labute approximate surface area is 101 Å². The summed E-state index contributed by atoms with van der Waals surface area (Å²) in [5.74, 6) is 0. The lowest BCUT2D eigenvalue weighted by Gasteiger charge is -2.07. The van der Waals surface area contributed by atoms with E-state index in [4.69, 9.17) is 4.84 Å². The normalized spacial score (nSPS) is 9.71. The molecule has 0 aliphatic rings. The number of carbonyl (C=O) groups excluding carboxylic acids is 1. The SMILES string of the molecule is C=Cc1ccccc1CCONC(=O)OCC. The van der Waals surface area contributed by atoms with Crippen molar-refractivity contribution in [1.29, 1.82) is 0 Å². The molecule has 0 atom stereocenters. The van der Waals surface area contributed by atoms with Crippen LogP contribution in [-0.4, -0.2) is 19.3 Å². The van der Waals surface area contributed by atoms with E-state index >= 15 is 0 Å². The minimum Gasteiger partial charge on any atom is -0.448 e. The molecule has 1 aromatic rings. The summed E-state index contributed by atoms with van der Waals surface area (Å²) in [7, 11) is 0. The Morgan fingerprint density at radius 2 is 2.24 bits per heavy atom. The van der Waals surface area contributed by atoms with E-state index < -0.39 is 6.09 Å². The smallest absolute Gasteiger partial charge is 0.431 e. The van der Waals surface area contributed by atoms with Crippen molar-refractivity contribution in [3.63, 3.8) is 0 Å². The molecule has 0 bridgehead atoms. The van der Waals surface area contributed by atoms with Crippen molar-refractivity contribution < 1.29 is 14.4 Å². The van der Waals surface area contributed by atoms with E-state index in [2.05, 4.69) is 16.8 Å². The Morgan fingerprint density at radius 1 is 1.47 bits per heavy atom. The summed E-state index contributed by atoms with van der Waals surface area (Å²) >= 11 is 0. The predicted octanol–water partition coefficient (Wildman–Crippen LogP) is 2.55. The lowest BCUT2D eigenvalue weighted by atomic mass is 10.1. The molecule has 4 heteroatoms. The topological polar surface area (TPSA) is 47.6 Å². The monoisotopic (exact) mass is 235 g/mol. The molecule has 0 saturated heterocycles. The zero-order chi connectivity index (χ0) is 12.5. The summed E-state index contributed by atoms with van der Waals surface area (Å²) in [4.78, 5) is 15.9. The van der Waals surface area contributed by atoms with Crippen molar-refractivity contribution in [1.82, 2.24) is 5.48 Å². The molecule has 0 radical (unpaired) electrons. The summed E-state index contributed by atoms with van der Waals surface area (Å²) in [6.07, 6.45) is 1.94. The van der Waals surface area contributed by atoms with Gasteiger partial charge in [-0.3, -0.25) is 4.84 Å². The molecule has 1 aromatic carbocycles. The second kappa shape index (κ2) is 7.46. The third kappa shape index (κ3) is 4.70. The van der Waals surface area contributed by atoms with E-state index in [0.29, 0.717) is 19.6 Å². The van der Waals surface area contributed by atoms with Gasteiger partial charge in [0.2, 0.25) is 0 Å². The molecule has 17 heavy (non-hydrogen) atoms. The highest BCUT2D eigenvalue weighted by molar-refractivity contribution is 5.65. The summed E-state index contributed by atoms with van der Waals surface area (Å²) in [5.41, 5.74) is 4.41. The van der Waals surface area contributed by atoms with Crippen molar-refractivity contribution >= 4 is 12.2 Å². The molecule has 0 unspecified atom stereocenters. The van der Waals surface area contributed by atoms with Crippen molar-refractivity contribution in [2.75, 3.05) is 13.2 Å². The Hall–Kier alpha value is -1.81. The molecule has 0 spiro atoms. The lowest BCUT2D eigenvalue weighted by molar-refractivity contribution is 0.0310. The van der Waals surface area contributed by atoms with Gasteiger partial charge in [-0.2, -0.15) is 5.48 Å². The third-order valence-corrected chi connectivity index (χ3v) is 2.18. The molecule has 4 nitrogen and oxygen atoms in total. The molecule has 92 valence electrons. The largest absolute Gasteiger partial charge is 0.448 e. The molecular formula is C13H17NO3. The number of hydrogen-bond acceptors (Lipinski definition) is 3. The van der Waals surface area contributed by atoms with Gasteiger partial charge in [-0.05, 0) is 24.5 Å². The summed E-state index contributed by atoms with van der Waals surface area (Å²) < 4.78 is 4.65. The van der Waals surface area contributed by atoms with Crippen LogP contribution in [0, 0.1) is 0 Å². The first-order valence-corrected chi connectivity index (χ1v) is 5.52. The van der Waals surface area contributed by atoms with Crippen LogP contribution in [0.2, 0.25) is 0 Å². The summed E-state index contributed by atoms with van der Waals surface area (Å²) in [5, 5.41) is 0. The zero-order valence-corrected chi connectivity index (χ0v) is 9.94. The molecule has 0 saturated carbocycles. The van der Waals surface area contributed by atoms with E-state index in [1.807, 2.05) is 24.3 Å². The fourth-order valence-electron chi connectivity index (χ4n) is 1.39. The van der Waals surface area contributed by atoms with E-state index in [1.54, 1.807) is 13.0 Å². The quantitative estimate of drug-likeness (QED) is 0.609. The second-order valence-corrected chi connectivity index (χ2v) is 3.32. The highest BCUT2D eigenvalue weighted by Gasteiger charge is 2.01. The predicted molar refractivity (Wildman–Crippen MR) is 66.3 cm³/mol. The number of nitrogens with one attached hydrogen (secondary N) is 1. The van der Waals surface area contributed by atoms with Gasteiger partial charge in [-0.25, -0.2) is 4.79 Å². The van der Waals surface area contributed by atoms with Gasteiger partial charge in [-0.15, -0.1) is 0 Å². The standard InChI is InChI=1S/C13H17NO3/c1-3-11-7-5-6-8-12(11)9-10-17-14-13(15)16-4-2/h3,5-8H,1,4,9-10H2,2H3,(H,14,15). The molecule has 1 rings (SSSR count). The first kappa shape index (κ1) is 13.3. The molecule has 1 N–H and O–H groups in total. The van der Waals surface area contributed by atoms with Crippen LogP contribution in [0.1, 0.15) is 18.1 Å². The molecule has 0 aliphatic carbocycles. The van der Waals surface area contributed by atoms with Crippen molar-refractivity contribution in [3.8, 4) is 0 Å². The fraction of sp³-hybridized carbons (Fsp3) is 0.308. The van der Waals surface area contributed by atoms with Gasteiger partial charge in [0.05, 0.1) is 13.2 Å². The van der Waals surface area contributed by atoms with E-state index in [0.717, 1.165) is 11.1 Å². The average Bonchev–Trinajstić information content (AvgIpc) is 2.35. The molecule has 0 fully saturated rings. The second-order valence-electron chi connectivity index (χ2n) is 3.32. The van der Waals surface area contributed by atoms with Crippen LogP contribution in [-0.2, 0) is 16.0 Å². The molecule has 1 amide bonds. The van der Waals surface area contributed by atoms with Crippen LogP contribution in [0.25, 0.3) is 6.08 Å². The molecule has 0 heterocycles. The Bertz CT molecular complexity index is 377. The van der Waals surface area contributed by atoms with Crippen molar-refractivity contribution in [2.24, 2.45) is 0 Å². The molecule has 0 aliphatic heterocycles. The van der Waals surface area contributed by atoms with Crippen molar-refractivity contribution in [2.45, 2.75) is 13.3 Å². The highest BCUT2D eigenvalue weighted by atomic mass is 16.7. The minimum atomic E-state index is -0.565. The van der Waals surface area contributed by atoms with Crippen LogP contribution >= 0.6 is 0 Å². The first-order chi connectivity index (χ1) is 8.27. The van der Waals surface area contributed by atoms with Gasteiger partial charge in [0.25, 0.3) is 0 Å². The number of amides is 1. The number of carbonyl (C=O) groups is 1. The van der Waals surface area contributed by atoms with Crippen LogP contribution in [0.5, 0.6) is 0 Å². The van der Waals surface area contributed by atoms with E-state index in [1.165, 1.54) is 0 Å². The van der Waals surface area contributed by atoms with Gasteiger partial charge in [-0.1, -0.05) is 36.9 Å². The number of ether oxygens (including phenoxy) is 1. The van der Waals surface area contributed by atoms with Crippen LogP contribution in [0.3, 0.4) is 0 Å². The summed E-state index contributed by atoms with van der Waals surface area (Å²) in [6.45, 7) is 6.20. The molecule has 0 aromatic heterocycles. The van der Waals surface area contributed by atoms with Crippen LogP contribution in [0.15, 0.2) is 30.8 Å². The van der Waals surface area contributed by atoms with Crippen LogP contribution in [0.4, 0.5) is 4.79 Å². The highest BCUT2D eigenvalue weighted by Crippen LogP contribution is 2.10. The van der Waals surface area contributed by atoms with Crippen LogP contribution < -0.4 is 5.48 Å². The minimum absolute atomic E-state index is 0.328. The number of benzene rings is 1. The van der Waals surface area contributed by atoms with E-state index in [9.17, 15) is 4.79 Å². The molecular weight excluding hydrogens is 218 g/mol. The maximum Gasteiger partial charge on any atom is 0.431 e. The summed E-state index contributed by atoms with van der Waals surface area (Å²) in [6, 6.07) is 7.91. The maximum absolute atomic E-state index is 10.9. The number of rotatable bonds is 6. The maximum atomic E-state index is 10.9. The Balaban J connectivity index is 2.31. The van der Waals surface area contributed by atoms with Gasteiger partial charge in [0.15, 0.2) is 0 Å². The number of hydrogen-bond donors (Lipinski definition) is 1. The number of hydroxylamine groups is 1.